The predicted octanol–water partition coefficient (Wildman–Crippen LogP) is 1.05. The molecule has 0 fully saturated rings. The highest BCUT2D eigenvalue weighted by atomic mass is 19.1. The molecule has 1 aromatic carbocycles. The van der Waals surface area contributed by atoms with Gasteiger partial charge in [-0.05, 0) is 30.7 Å². The highest BCUT2D eigenvalue weighted by Gasteiger charge is 2.04. The van der Waals surface area contributed by atoms with Crippen molar-refractivity contribution in [3.05, 3.63) is 35.1 Å². The van der Waals surface area contributed by atoms with Crippen LogP contribution < -0.4 is 11.1 Å². The number of nitrogens with one attached hydrogen (secondary N) is 1. The third-order valence-electron chi connectivity index (χ3n) is 2.32. The van der Waals surface area contributed by atoms with E-state index in [1.54, 1.807) is 6.07 Å². The lowest BCUT2D eigenvalue weighted by Crippen LogP contribution is -2.20. The second kappa shape index (κ2) is 7.62. The number of nitrogens with zero attached hydrogens (tertiary/aromatic N) is 1. The first kappa shape index (κ1) is 14.4. The van der Waals surface area contributed by atoms with E-state index in [1.807, 2.05) is 6.92 Å². The number of amidine groups is 1. The molecule has 0 saturated heterocycles. The van der Waals surface area contributed by atoms with E-state index >= 15 is 0 Å². The van der Waals surface area contributed by atoms with E-state index in [1.165, 1.54) is 12.1 Å². The van der Waals surface area contributed by atoms with E-state index in [-0.39, 0.29) is 5.84 Å². The number of hydrogen-bond acceptors (Lipinski definition) is 4. The minimum atomic E-state index is -0.416. The molecule has 0 aliphatic heterocycles. The zero-order chi connectivity index (χ0) is 13.4. The molecular weight excluding hydrogens is 237 g/mol. The van der Waals surface area contributed by atoms with Gasteiger partial charge in [0.1, 0.15) is 5.82 Å². The van der Waals surface area contributed by atoms with Crippen molar-refractivity contribution >= 4 is 5.84 Å². The fourth-order valence-electron chi connectivity index (χ4n) is 1.48. The van der Waals surface area contributed by atoms with E-state index in [2.05, 4.69) is 10.5 Å². The monoisotopic (exact) mass is 255 g/mol. The second-order valence-corrected chi connectivity index (χ2v) is 3.71. The van der Waals surface area contributed by atoms with Crippen LogP contribution in [0.4, 0.5) is 4.39 Å². The number of benzene rings is 1. The van der Waals surface area contributed by atoms with Gasteiger partial charge in [-0.1, -0.05) is 5.16 Å². The molecule has 0 spiro atoms. The highest BCUT2D eigenvalue weighted by Crippen LogP contribution is 2.09. The number of halogens is 1. The summed E-state index contributed by atoms with van der Waals surface area (Å²) in [6.45, 7) is 4.39. The van der Waals surface area contributed by atoms with Crippen LogP contribution in [0.1, 0.15) is 18.1 Å². The summed E-state index contributed by atoms with van der Waals surface area (Å²) in [4.78, 5) is 0. The van der Waals surface area contributed by atoms with Gasteiger partial charge < -0.3 is 21.0 Å². The molecule has 18 heavy (non-hydrogen) atoms. The standard InChI is InChI=1S/C12H18FN3O2/c1-2-18-4-3-15-8-9-5-10(12(14)16-17)7-11(13)6-9/h5-7,15,17H,2-4,8H2,1H3,(H2,14,16). The molecule has 0 radical (unpaired) electrons. The molecular formula is C12H18FN3O2. The Balaban J connectivity index is 2.58. The summed E-state index contributed by atoms with van der Waals surface area (Å²) >= 11 is 0. The fraction of sp³-hybridized carbons (Fsp3) is 0.417. The molecule has 0 aliphatic rings. The van der Waals surface area contributed by atoms with Crippen LogP contribution in [0.2, 0.25) is 0 Å². The molecule has 4 N–H and O–H groups in total. The molecule has 0 unspecified atom stereocenters. The molecule has 6 heteroatoms. The van der Waals surface area contributed by atoms with Gasteiger partial charge in [-0.25, -0.2) is 4.39 Å². The van der Waals surface area contributed by atoms with Gasteiger partial charge in [0.05, 0.1) is 6.61 Å². The Morgan fingerprint density at radius 3 is 2.94 bits per heavy atom. The van der Waals surface area contributed by atoms with Crippen LogP contribution in [0.3, 0.4) is 0 Å². The number of ether oxygens (including phenoxy) is 1. The normalized spacial score (nSPS) is 11.8. The summed E-state index contributed by atoms with van der Waals surface area (Å²) in [5, 5.41) is 14.5. The maximum Gasteiger partial charge on any atom is 0.170 e. The van der Waals surface area contributed by atoms with Crippen LogP contribution in [0.15, 0.2) is 23.4 Å². The summed E-state index contributed by atoms with van der Waals surface area (Å²) in [7, 11) is 0. The van der Waals surface area contributed by atoms with Crippen LogP contribution >= 0.6 is 0 Å². The Labute approximate surface area is 105 Å². The van der Waals surface area contributed by atoms with Crippen molar-refractivity contribution in [2.75, 3.05) is 19.8 Å². The summed E-state index contributed by atoms with van der Waals surface area (Å²) < 4.78 is 18.5. The SMILES string of the molecule is CCOCCNCc1cc(F)cc(/C(N)=N/O)c1. The lowest BCUT2D eigenvalue weighted by molar-refractivity contribution is 0.149. The average Bonchev–Trinajstić information content (AvgIpc) is 2.37. The predicted molar refractivity (Wildman–Crippen MR) is 67.1 cm³/mol. The summed E-state index contributed by atoms with van der Waals surface area (Å²) in [6, 6.07) is 4.30. The van der Waals surface area contributed by atoms with E-state index in [0.717, 1.165) is 5.56 Å². The van der Waals surface area contributed by atoms with E-state index in [4.69, 9.17) is 15.7 Å². The number of oxime groups is 1. The molecule has 1 rings (SSSR count). The largest absolute Gasteiger partial charge is 0.409 e. The average molecular weight is 255 g/mol. The molecule has 0 atom stereocenters. The number of nitrogens with two attached hydrogens (primary N) is 1. The molecule has 0 aliphatic carbocycles. The summed E-state index contributed by atoms with van der Waals surface area (Å²) in [5.41, 5.74) is 6.51. The maximum absolute atomic E-state index is 13.3. The Morgan fingerprint density at radius 2 is 2.28 bits per heavy atom. The van der Waals surface area contributed by atoms with Gasteiger partial charge in [-0.3, -0.25) is 0 Å². The number of hydrogen-bond donors (Lipinski definition) is 3. The van der Waals surface area contributed by atoms with E-state index in [0.29, 0.717) is 31.9 Å². The first-order chi connectivity index (χ1) is 8.67. The quantitative estimate of drug-likeness (QED) is 0.224. The van der Waals surface area contributed by atoms with Crippen molar-refractivity contribution in [2.24, 2.45) is 10.9 Å². The lowest BCUT2D eigenvalue weighted by atomic mass is 10.1. The van der Waals surface area contributed by atoms with Crippen molar-refractivity contribution in [1.82, 2.24) is 5.32 Å². The topological polar surface area (TPSA) is 79.9 Å². The van der Waals surface area contributed by atoms with Gasteiger partial charge in [0.25, 0.3) is 0 Å². The van der Waals surface area contributed by atoms with Gasteiger partial charge in [-0.15, -0.1) is 0 Å². The summed E-state index contributed by atoms with van der Waals surface area (Å²) in [6.07, 6.45) is 0. The van der Waals surface area contributed by atoms with Gasteiger partial charge in [0, 0.05) is 25.3 Å². The van der Waals surface area contributed by atoms with Crippen molar-refractivity contribution in [3.63, 3.8) is 0 Å². The van der Waals surface area contributed by atoms with E-state index in [9.17, 15) is 4.39 Å². The molecule has 100 valence electrons. The first-order valence-corrected chi connectivity index (χ1v) is 5.73. The van der Waals surface area contributed by atoms with Crippen LogP contribution in [0.25, 0.3) is 0 Å². The van der Waals surface area contributed by atoms with Crippen LogP contribution in [0, 0.1) is 5.82 Å². The molecule has 0 aromatic heterocycles. The Kier molecular flexibility index (Phi) is 6.10. The third-order valence-corrected chi connectivity index (χ3v) is 2.32. The van der Waals surface area contributed by atoms with Gasteiger partial charge in [-0.2, -0.15) is 0 Å². The zero-order valence-electron chi connectivity index (χ0n) is 10.3. The second-order valence-electron chi connectivity index (χ2n) is 3.71. The van der Waals surface area contributed by atoms with Crippen molar-refractivity contribution in [2.45, 2.75) is 13.5 Å². The fourth-order valence-corrected chi connectivity index (χ4v) is 1.48. The molecule has 0 saturated carbocycles. The molecule has 0 bridgehead atoms. The third kappa shape index (κ3) is 4.68. The number of rotatable bonds is 7. The molecule has 5 nitrogen and oxygen atoms in total. The minimum absolute atomic E-state index is 0.106. The van der Waals surface area contributed by atoms with Gasteiger partial charge >= 0.3 is 0 Å². The van der Waals surface area contributed by atoms with Gasteiger partial charge in [0.15, 0.2) is 5.84 Å². The minimum Gasteiger partial charge on any atom is -0.409 e. The maximum atomic E-state index is 13.3. The highest BCUT2D eigenvalue weighted by molar-refractivity contribution is 5.97. The Morgan fingerprint density at radius 1 is 1.50 bits per heavy atom. The van der Waals surface area contributed by atoms with Crippen LogP contribution in [-0.2, 0) is 11.3 Å². The van der Waals surface area contributed by atoms with Crippen LogP contribution in [0.5, 0.6) is 0 Å². The smallest absolute Gasteiger partial charge is 0.170 e. The lowest BCUT2D eigenvalue weighted by Gasteiger charge is -2.07. The van der Waals surface area contributed by atoms with Crippen LogP contribution in [-0.4, -0.2) is 30.8 Å². The zero-order valence-corrected chi connectivity index (χ0v) is 10.3. The Bertz CT molecular complexity index is 410. The summed E-state index contributed by atoms with van der Waals surface area (Å²) in [5.74, 6) is -0.522. The molecule has 1 aromatic rings. The molecule has 0 amide bonds. The van der Waals surface area contributed by atoms with Crippen molar-refractivity contribution < 1.29 is 14.3 Å². The molecule has 0 heterocycles. The van der Waals surface area contributed by atoms with E-state index < -0.39 is 5.82 Å². The van der Waals surface area contributed by atoms with Gasteiger partial charge in [0.2, 0.25) is 0 Å². The first-order valence-electron chi connectivity index (χ1n) is 5.73. The Hall–Kier alpha value is -1.66. The van der Waals surface area contributed by atoms with Crippen molar-refractivity contribution in [3.8, 4) is 0 Å². The van der Waals surface area contributed by atoms with Crippen molar-refractivity contribution in [1.29, 1.82) is 0 Å².